The lowest BCUT2D eigenvalue weighted by molar-refractivity contribution is -0.130. The van der Waals surface area contributed by atoms with Crippen molar-refractivity contribution in [1.82, 2.24) is 9.21 Å². The molecule has 2 aromatic carbocycles. The number of rotatable bonds is 8. The second-order valence-corrected chi connectivity index (χ2v) is 8.63. The van der Waals surface area contributed by atoms with Crippen molar-refractivity contribution in [3.63, 3.8) is 0 Å². The van der Waals surface area contributed by atoms with Crippen LogP contribution in [0, 0.1) is 0 Å². The van der Waals surface area contributed by atoms with Crippen LogP contribution in [0.25, 0.3) is 0 Å². The predicted octanol–water partition coefficient (Wildman–Crippen LogP) is 2.80. The average Bonchev–Trinajstić information content (AvgIpc) is 2.58. The zero-order valence-corrected chi connectivity index (χ0v) is 16.5. The van der Waals surface area contributed by atoms with Crippen LogP contribution < -0.4 is 0 Å². The monoisotopic (exact) mass is 394 g/mol. The van der Waals surface area contributed by atoms with Gasteiger partial charge in [-0.3, -0.25) is 4.79 Å². The first-order valence-corrected chi connectivity index (χ1v) is 10.5. The van der Waals surface area contributed by atoms with E-state index >= 15 is 0 Å². The standard InChI is InChI=1S/C19H23ClN2O3S/c1-21(14-17-7-4-3-5-8-17)19(23)15-22(26(2,24)25)12-11-16-9-6-10-18(20)13-16/h3-10,13H,11-12,14-15H2,1-2H3. The maximum atomic E-state index is 12.5. The molecule has 1 amide bonds. The van der Waals surface area contributed by atoms with E-state index in [1.54, 1.807) is 19.2 Å². The van der Waals surface area contributed by atoms with Crippen molar-refractivity contribution in [3.8, 4) is 0 Å². The van der Waals surface area contributed by atoms with Crippen LogP contribution in [0.3, 0.4) is 0 Å². The maximum Gasteiger partial charge on any atom is 0.237 e. The highest BCUT2D eigenvalue weighted by atomic mass is 35.5. The molecule has 0 unspecified atom stereocenters. The molecule has 0 atom stereocenters. The zero-order valence-electron chi connectivity index (χ0n) is 14.9. The highest BCUT2D eigenvalue weighted by Crippen LogP contribution is 2.12. The third-order valence-corrected chi connectivity index (χ3v) is 5.49. The Morgan fingerprint density at radius 1 is 1.04 bits per heavy atom. The highest BCUT2D eigenvalue weighted by Gasteiger charge is 2.22. The summed E-state index contributed by atoms with van der Waals surface area (Å²) in [6, 6.07) is 16.8. The van der Waals surface area contributed by atoms with Gasteiger partial charge in [-0.15, -0.1) is 0 Å². The molecule has 0 aliphatic rings. The van der Waals surface area contributed by atoms with Gasteiger partial charge in [-0.2, -0.15) is 4.31 Å². The van der Waals surface area contributed by atoms with Crippen LogP contribution in [0.15, 0.2) is 54.6 Å². The Hall–Kier alpha value is -1.89. The molecule has 26 heavy (non-hydrogen) atoms. The summed E-state index contributed by atoms with van der Waals surface area (Å²) in [5.41, 5.74) is 1.92. The molecule has 0 aromatic heterocycles. The van der Waals surface area contributed by atoms with Crippen molar-refractivity contribution < 1.29 is 13.2 Å². The molecule has 0 aliphatic heterocycles. The van der Waals surface area contributed by atoms with Gasteiger partial charge in [-0.25, -0.2) is 8.42 Å². The summed E-state index contributed by atoms with van der Waals surface area (Å²) in [7, 11) is -1.82. The van der Waals surface area contributed by atoms with Crippen molar-refractivity contribution in [2.24, 2.45) is 0 Å². The van der Waals surface area contributed by atoms with Gasteiger partial charge in [-0.05, 0) is 29.7 Å². The van der Waals surface area contributed by atoms with E-state index in [0.29, 0.717) is 18.0 Å². The highest BCUT2D eigenvalue weighted by molar-refractivity contribution is 7.88. The van der Waals surface area contributed by atoms with Crippen LogP contribution in [-0.4, -0.2) is 49.9 Å². The van der Waals surface area contributed by atoms with Gasteiger partial charge in [0.05, 0.1) is 12.8 Å². The van der Waals surface area contributed by atoms with E-state index in [0.717, 1.165) is 17.4 Å². The number of nitrogens with zero attached hydrogens (tertiary/aromatic N) is 2. The number of carbonyl (C=O) groups is 1. The Morgan fingerprint density at radius 2 is 1.69 bits per heavy atom. The van der Waals surface area contributed by atoms with Gasteiger partial charge in [0.25, 0.3) is 0 Å². The molecule has 140 valence electrons. The van der Waals surface area contributed by atoms with Crippen LogP contribution >= 0.6 is 11.6 Å². The molecular weight excluding hydrogens is 372 g/mol. The van der Waals surface area contributed by atoms with Gasteiger partial charge in [-0.1, -0.05) is 54.1 Å². The van der Waals surface area contributed by atoms with Gasteiger partial charge >= 0.3 is 0 Å². The Balaban J connectivity index is 1.99. The molecule has 0 radical (unpaired) electrons. The molecule has 0 spiro atoms. The minimum atomic E-state index is -3.49. The number of hydrogen-bond donors (Lipinski definition) is 0. The summed E-state index contributed by atoms with van der Waals surface area (Å²) in [6.45, 7) is 0.485. The first kappa shape index (κ1) is 20.4. The largest absolute Gasteiger partial charge is 0.340 e. The fourth-order valence-corrected chi connectivity index (χ4v) is 3.51. The Morgan fingerprint density at radius 3 is 2.31 bits per heavy atom. The first-order chi connectivity index (χ1) is 12.3. The minimum absolute atomic E-state index is 0.178. The summed E-state index contributed by atoms with van der Waals surface area (Å²) in [6.07, 6.45) is 1.61. The number of halogens is 1. The molecule has 2 aromatic rings. The Labute approximate surface area is 160 Å². The average molecular weight is 395 g/mol. The van der Waals surface area contributed by atoms with E-state index in [1.807, 2.05) is 42.5 Å². The van der Waals surface area contributed by atoms with E-state index in [-0.39, 0.29) is 19.0 Å². The smallest absolute Gasteiger partial charge is 0.237 e. The van der Waals surface area contributed by atoms with Gasteiger partial charge in [0.1, 0.15) is 0 Å². The van der Waals surface area contributed by atoms with Gasteiger partial charge in [0.15, 0.2) is 0 Å². The third kappa shape index (κ3) is 6.44. The van der Waals surface area contributed by atoms with Crippen LogP contribution in [0.4, 0.5) is 0 Å². The summed E-state index contributed by atoms with van der Waals surface area (Å²) in [5, 5.41) is 0.604. The molecule has 5 nitrogen and oxygen atoms in total. The summed E-state index contributed by atoms with van der Waals surface area (Å²) >= 11 is 5.96. The summed E-state index contributed by atoms with van der Waals surface area (Å²) < 4.78 is 25.3. The number of carbonyl (C=O) groups excluding carboxylic acids is 1. The van der Waals surface area contributed by atoms with Crippen LogP contribution in [-0.2, 0) is 27.8 Å². The third-order valence-electron chi connectivity index (χ3n) is 4.01. The van der Waals surface area contributed by atoms with E-state index < -0.39 is 10.0 Å². The summed E-state index contributed by atoms with van der Waals surface area (Å²) in [5.74, 6) is -0.245. The molecule has 0 bridgehead atoms. The van der Waals surface area contributed by atoms with Gasteiger partial charge in [0, 0.05) is 25.2 Å². The maximum absolute atomic E-state index is 12.5. The molecule has 0 fully saturated rings. The number of amides is 1. The van der Waals surface area contributed by atoms with E-state index in [1.165, 1.54) is 9.21 Å². The van der Waals surface area contributed by atoms with Crippen molar-refractivity contribution in [1.29, 1.82) is 0 Å². The molecule has 0 aliphatic carbocycles. The molecular formula is C19H23ClN2O3S. The molecule has 2 rings (SSSR count). The van der Waals surface area contributed by atoms with Gasteiger partial charge < -0.3 is 4.90 Å². The fourth-order valence-electron chi connectivity index (χ4n) is 2.53. The van der Waals surface area contributed by atoms with E-state index in [4.69, 9.17) is 11.6 Å². The molecule has 0 saturated carbocycles. The molecule has 7 heteroatoms. The number of hydrogen-bond acceptors (Lipinski definition) is 3. The van der Waals surface area contributed by atoms with Crippen LogP contribution in [0.5, 0.6) is 0 Å². The van der Waals surface area contributed by atoms with Crippen LogP contribution in [0.1, 0.15) is 11.1 Å². The number of sulfonamides is 1. The van der Waals surface area contributed by atoms with Crippen molar-refractivity contribution in [2.45, 2.75) is 13.0 Å². The van der Waals surface area contributed by atoms with Crippen LogP contribution in [0.2, 0.25) is 5.02 Å². The summed E-state index contributed by atoms with van der Waals surface area (Å²) in [4.78, 5) is 14.0. The first-order valence-electron chi connectivity index (χ1n) is 8.23. The van der Waals surface area contributed by atoms with E-state index in [9.17, 15) is 13.2 Å². The second-order valence-electron chi connectivity index (χ2n) is 6.21. The zero-order chi connectivity index (χ0) is 19.2. The Kier molecular flexibility index (Phi) is 7.20. The SMILES string of the molecule is CN(Cc1ccccc1)C(=O)CN(CCc1cccc(Cl)c1)S(C)(=O)=O. The second kappa shape index (κ2) is 9.16. The quantitative estimate of drug-likeness (QED) is 0.691. The minimum Gasteiger partial charge on any atom is -0.340 e. The Bertz CT molecular complexity index is 841. The molecule has 0 saturated heterocycles. The van der Waals surface area contributed by atoms with Crippen molar-refractivity contribution in [3.05, 3.63) is 70.7 Å². The predicted molar refractivity (Wildman–Crippen MR) is 104 cm³/mol. The van der Waals surface area contributed by atoms with Gasteiger partial charge in [0.2, 0.25) is 15.9 Å². The number of benzene rings is 2. The van der Waals surface area contributed by atoms with Crippen molar-refractivity contribution in [2.75, 3.05) is 26.4 Å². The molecule has 0 N–H and O–H groups in total. The lowest BCUT2D eigenvalue weighted by Crippen LogP contribution is -2.41. The lowest BCUT2D eigenvalue weighted by Gasteiger charge is -2.23. The topological polar surface area (TPSA) is 57.7 Å². The van der Waals surface area contributed by atoms with Crippen molar-refractivity contribution >= 4 is 27.5 Å². The fraction of sp³-hybridized carbons (Fsp3) is 0.316. The number of likely N-dealkylation sites (N-methyl/N-ethyl adjacent to an activating group) is 1. The molecule has 0 heterocycles. The normalized spacial score (nSPS) is 11.5. The van der Waals surface area contributed by atoms with E-state index in [2.05, 4.69) is 0 Å². The lowest BCUT2D eigenvalue weighted by atomic mass is 10.1.